The van der Waals surface area contributed by atoms with Crippen molar-refractivity contribution >= 4 is 53.3 Å². The van der Waals surface area contributed by atoms with Crippen molar-refractivity contribution in [2.45, 2.75) is 109 Å². The summed E-state index contributed by atoms with van der Waals surface area (Å²) in [6, 6.07) is -0.945. The Hall–Kier alpha value is -5.95. The number of unbranched alkanes of at least 4 members (excludes halogenated alkanes) is 1. The summed E-state index contributed by atoms with van der Waals surface area (Å²) in [7, 11) is 0. The molecule has 5 atom stereocenters. The van der Waals surface area contributed by atoms with E-state index in [-0.39, 0.29) is 56.4 Å². The Balaban J connectivity index is 3.27. The van der Waals surface area contributed by atoms with Gasteiger partial charge in [-0.15, -0.1) is 0 Å². The molecule has 1 aromatic rings. The molecule has 0 saturated carbocycles. The van der Waals surface area contributed by atoms with E-state index in [0.29, 0.717) is 18.4 Å². The van der Waals surface area contributed by atoms with Crippen molar-refractivity contribution in [1.82, 2.24) is 31.9 Å². The Morgan fingerprint density at radius 1 is 0.673 bits per heavy atom. The van der Waals surface area contributed by atoms with Gasteiger partial charge < -0.3 is 58.7 Å². The number of nitrogens with one attached hydrogen (secondary N) is 6. The maximum atomic E-state index is 13.7. The lowest BCUT2D eigenvalue weighted by Crippen LogP contribution is -2.59. The molecule has 0 aliphatic heterocycles. The van der Waals surface area contributed by atoms with Gasteiger partial charge in [0.2, 0.25) is 35.4 Å². The van der Waals surface area contributed by atoms with Crippen LogP contribution in [-0.2, 0) is 44.8 Å². The third kappa shape index (κ3) is 19.6. The molecule has 0 aliphatic rings. The smallest absolute Gasteiger partial charge is 0.326 e. The average molecular weight is 778 g/mol. The van der Waals surface area contributed by atoms with E-state index in [0.717, 1.165) is 0 Å². The molecule has 0 aromatic heterocycles. The Morgan fingerprint density at radius 3 is 1.71 bits per heavy atom. The summed E-state index contributed by atoms with van der Waals surface area (Å²) in [6.45, 7) is 6.14. The van der Waals surface area contributed by atoms with E-state index in [2.05, 4.69) is 36.9 Å². The summed E-state index contributed by atoms with van der Waals surface area (Å²) < 4.78 is 0. The first-order valence-corrected chi connectivity index (χ1v) is 17.8. The zero-order valence-corrected chi connectivity index (χ0v) is 31.6. The van der Waals surface area contributed by atoms with Crippen molar-refractivity contribution in [1.29, 1.82) is 0 Å². The quantitative estimate of drug-likeness (QED) is 0.0301. The number of carboxylic acids is 2. The van der Waals surface area contributed by atoms with E-state index in [1.54, 1.807) is 13.8 Å². The second kappa shape index (κ2) is 24.4. The monoisotopic (exact) mass is 777 g/mol. The standard InChI is InChI=1S/C35H55N9O11/c1-19(2)29(33(53)43-27(34(54)55)18-22-10-12-23(47)13-11-22)44-32(52)26(14-15-28(48)49)42-31(51)25(8-5-6-16-38-20(3)45)41-30(50)24(40-21(4)46)9-7-17-39-35(36)37/h10-13,19,24-27,29,47H,5-9,14-18H2,1-4H3,(H,38,45)(H,40,46)(H,41,50)(H,42,51)(H,43,53)(H,44,52)(H,48,49)(H,54,55)(H4,36,37,39)/t24-,25-,26-,27-,29-/m0/s1. The number of benzene rings is 1. The van der Waals surface area contributed by atoms with E-state index >= 15 is 0 Å². The van der Waals surface area contributed by atoms with Crippen LogP contribution >= 0.6 is 0 Å². The number of aliphatic carboxylic acids is 2. The van der Waals surface area contributed by atoms with Crippen LogP contribution in [0.3, 0.4) is 0 Å². The minimum atomic E-state index is -1.52. The average Bonchev–Trinajstić information content (AvgIpc) is 3.09. The summed E-state index contributed by atoms with van der Waals surface area (Å²) in [5.41, 5.74) is 11.2. The molecule has 0 radical (unpaired) electrons. The van der Waals surface area contributed by atoms with Crippen LogP contribution in [0.1, 0.15) is 78.2 Å². The molecule has 306 valence electrons. The summed E-state index contributed by atoms with van der Waals surface area (Å²) in [6.07, 6.45) is -0.0160. The lowest BCUT2D eigenvalue weighted by molar-refractivity contribution is -0.142. The number of aliphatic imine (C=N–C) groups is 1. The van der Waals surface area contributed by atoms with Gasteiger partial charge >= 0.3 is 11.9 Å². The highest BCUT2D eigenvalue weighted by Crippen LogP contribution is 2.13. The van der Waals surface area contributed by atoms with Gasteiger partial charge in [-0.25, -0.2) is 4.79 Å². The molecular formula is C35H55N9O11. The van der Waals surface area contributed by atoms with Crippen LogP contribution in [0.15, 0.2) is 29.3 Å². The van der Waals surface area contributed by atoms with E-state index in [1.165, 1.54) is 38.1 Å². The van der Waals surface area contributed by atoms with Gasteiger partial charge in [-0.3, -0.25) is 38.6 Å². The molecule has 0 heterocycles. The van der Waals surface area contributed by atoms with E-state index < -0.39 is 90.4 Å². The van der Waals surface area contributed by atoms with Crippen molar-refractivity contribution in [3.05, 3.63) is 29.8 Å². The van der Waals surface area contributed by atoms with Crippen molar-refractivity contribution in [2.24, 2.45) is 22.4 Å². The minimum Gasteiger partial charge on any atom is -0.508 e. The van der Waals surface area contributed by atoms with E-state index in [1.807, 2.05) is 0 Å². The maximum absolute atomic E-state index is 13.7. The molecule has 20 nitrogen and oxygen atoms in total. The molecule has 0 saturated heterocycles. The zero-order valence-electron chi connectivity index (χ0n) is 31.6. The number of carbonyl (C=O) groups is 8. The Kier molecular flexibility index (Phi) is 20.9. The third-order valence-corrected chi connectivity index (χ3v) is 8.08. The highest BCUT2D eigenvalue weighted by molar-refractivity contribution is 5.96. The molecular weight excluding hydrogens is 722 g/mol. The van der Waals surface area contributed by atoms with Gasteiger partial charge in [0.15, 0.2) is 5.96 Å². The van der Waals surface area contributed by atoms with Gasteiger partial charge in [0.1, 0.15) is 36.0 Å². The normalized spacial score (nSPS) is 13.5. The third-order valence-electron chi connectivity index (χ3n) is 8.08. The van der Waals surface area contributed by atoms with Gasteiger partial charge in [-0.2, -0.15) is 0 Å². The number of phenolic OH excluding ortho intramolecular Hbond substituents is 1. The second-order valence-electron chi connectivity index (χ2n) is 13.2. The fraction of sp³-hybridized carbons (Fsp3) is 0.571. The molecule has 55 heavy (non-hydrogen) atoms. The molecule has 0 unspecified atom stereocenters. The second-order valence-corrected chi connectivity index (χ2v) is 13.2. The molecule has 0 aliphatic carbocycles. The number of nitrogens with zero attached hydrogens (tertiary/aromatic N) is 1. The maximum Gasteiger partial charge on any atom is 0.326 e. The number of nitrogens with two attached hydrogens (primary N) is 2. The summed E-state index contributed by atoms with van der Waals surface area (Å²) in [4.78, 5) is 105. The number of phenols is 1. The van der Waals surface area contributed by atoms with Crippen LogP contribution in [-0.4, -0.2) is 112 Å². The van der Waals surface area contributed by atoms with E-state index in [9.17, 15) is 53.7 Å². The van der Waals surface area contributed by atoms with Crippen LogP contribution < -0.4 is 43.4 Å². The number of carbonyl (C=O) groups excluding carboxylic acids is 6. The van der Waals surface area contributed by atoms with Crippen molar-refractivity contribution in [3.8, 4) is 5.75 Å². The summed E-state index contributed by atoms with van der Waals surface area (Å²) in [5, 5.41) is 43.8. The van der Waals surface area contributed by atoms with Gasteiger partial charge in [0, 0.05) is 39.8 Å². The topological polar surface area (TPSA) is 334 Å². The van der Waals surface area contributed by atoms with Crippen molar-refractivity contribution in [2.75, 3.05) is 13.1 Å². The minimum absolute atomic E-state index is 0.0137. The lowest BCUT2D eigenvalue weighted by atomic mass is 10.00. The van der Waals surface area contributed by atoms with Crippen LogP contribution in [0.5, 0.6) is 5.75 Å². The number of carboxylic acid groups (broad SMARTS) is 2. The fourth-order valence-corrected chi connectivity index (χ4v) is 5.22. The fourth-order valence-electron chi connectivity index (χ4n) is 5.22. The molecule has 0 spiro atoms. The van der Waals surface area contributed by atoms with Gasteiger partial charge in [0.25, 0.3) is 0 Å². The molecule has 0 fully saturated rings. The van der Waals surface area contributed by atoms with Crippen molar-refractivity contribution in [3.63, 3.8) is 0 Å². The molecule has 6 amide bonds. The highest BCUT2D eigenvalue weighted by atomic mass is 16.4. The zero-order chi connectivity index (χ0) is 41.7. The van der Waals surface area contributed by atoms with E-state index in [4.69, 9.17) is 11.5 Å². The van der Waals surface area contributed by atoms with Crippen LogP contribution in [0.2, 0.25) is 0 Å². The lowest BCUT2D eigenvalue weighted by Gasteiger charge is -2.28. The molecule has 1 rings (SSSR count). The predicted octanol–water partition coefficient (Wildman–Crippen LogP) is -1.66. The number of amides is 6. The number of guanidine groups is 1. The largest absolute Gasteiger partial charge is 0.508 e. The Labute approximate surface area is 319 Å². The van der Waals surface area contributed by atoms with Crippen LogP contribution in [0.25, 0.3) is 0 Å². The molecule has 13 N–H and O–H groups in total. The number of rotatable bonds is 25. The Bertz CT molecular complexity index is 1520. The number of hydrogen-bond donors (Lipinski definition) is 11. The number of hydrogen-bond acceptors (Lipinski definition) is 10. The predicted molar refractivity (Wildman–Crippen MR) is 199 cm³/mol. The molecule has 0 bridgehead atoms. The summed E-state index contributed by atoms with van der Waals surface area (Å²) >= 11 is 0. The first kappa shape index (κ1) is 47.1. The van der Waals surface area contributed by atoms with Crippen LogP contribution in [0, 0.1) is 5.92 Å². The number of aromatic hydroxyl groups is 1. The summed E-state index contributed by atoms with van der Waals surface area (Å²) in [5.74, 6) is -7.63. The van der Waals surface area contributed by atoms with Crippen molar-refractivity contribution < 1.29 is 53.7 Å². The first-order chi connectivity index (χ1) is 25.8. The van der Waals surface area contributed by atoms with Gasteiger partial charge in [0.05, 0.1) is 0 Å². The first-order valence-electron chi connectivity index (χ1n) is 17.8. The SMILES string of the molecule is CC(=O)NCCCC[C@H](NC(=O)[C@H](CCCN=C(N)N)NC(C)=O)C(=O)N[C@@H](CCC(=O)O)C(=O)N[C@H](C(=O)N[C@@H](Cc1ccc(O)cc1)C(=O)O)C(C)C. The molecule has 20 heteroatoms. The highest BCUT2D eigenvalue weighted by Gasteiger charge is 2.33. The van der Waals surface area contributed by atoms with Gasteiger partial charge in [-0.05, 0) is 62.1 Å². The van der Waals surface area contributed by atoms with Crippen LogP contribution in [0.4, 0.5) is 0 Å². The van der Waals surface area contributed by atoms with Gasteiger partial charge in [-0.1, -0.05) is 26.0 Å². The molecule has 1 aromatic carbocycles. The Morgan fingerprint density at radius 2 is 1.20 bits per heavy atom.